The van der Waals surface area contributed by atoms with Crippen molar-refractivity contribution in [2.24, 2.45) is 0 Å². The molecule has 3 rings (SSSR count). The van der Waals surface area contributed by atoms with Crippen LogP contribution in [0, 0.1) is 0 Å². The number of aromatic nitrogens is 1. The minimum absolute atomic E-state index is 0.248. The molecule has 7 heteroatoms. The van der Waals surface area contributed by atoms with Crippen LogP contribution in [-0.4, -0.2) is 63.2 Å². The topological polar surface area (TPSA) is 109 Å². The van der Waals surface area contributed by atoms with Gasteiger partial charge in [-0.15, -0.1) is 0 Å². The van der Waals surface area contributed by atoms with Gasteiger partial charge in [-0.3, -0.25) is 0 Å². The maximum Gasteiger partial charge on any atom is 0.453 e. The van der Waals surface area contributed by atoms with Gasteiger partial charge < -0.3 is 35.0 Å². The summed E-state index contributed by atoms with van der Waals surface area (Å²) in [6.07, 6.45) is 2.09. The Morgan fingerprint density at radius 2 is 1.76 bits per heavy atom. The van der Waals surface area contributed by atoms with Gasteiger partial charge in [-0.2, -0.15) is 0 Å². The third-order valence-electron chi connectivity index (χ3n) is 3.89. The first kappa shape index (κ1) is 21.4. The Bertz CT molecular complexity index is 615. The highest BCUT2D eigenvalue weighted by Gasteiger charge is 2.23. The monoisotopic (exact) mass is 354 g/mol. The van der Waals surface area contributed by atoms with Crippen LogP contribution in [0.3, 0.4) is 0 Å². The minimum Gasteiger partial charge on any atom is -0.416 e. The van der Waals surface area contributed by atoms with Crippen molar-refractivity contribution in [3.8, 4) is 5.75 Å². The smallest absolute Gasteiger partial charge is 0.416 e. The molecule has 142 valence electrons. The first-order chi connectivity index (χ1) is 12.0. The van der Waals surface area contributed by atoms with Crippen molar-refractivity contribution in [2.45, 2.75) is 39.3 Å². The summed E-state index contributed by atoms with van der Waals surface area (Å²) in [6.45, 7) is 7.24. The summed E-state index contributed by atoms with van der Waals surface area (Å²) in [5.41, 5.74) is 1.88. The number of nitrogens with one attached hydrogen (secondary N) is 1. The molecule has 5 N–H and O–H groups in total. The highest BCUT2D eigenvalue weighted by Crippen LogP contribution is 2.30. The van der Waals surface area contributed by atoms with E-state index in [-0.39, 0.29) is 5.75 Å². The number of hydrogen-bond donors (Lipinski definition) is 5. The molecule has 1 aromatic carbocycles. The van der Waals surface area contributed by atoms with Gasteiger partial charge in [-0.25, -0.2) is 0 Å². The Balaban J connectivity index is 0.000000730. The predicted octanol–water partition coefficient (Wildman–Crippen LogP) is 1.41. The fourth-order valence-corrected chi connectivity index (χ4v) is 2.93. The quantitative estimate of drug-likeness (QED) is 0.520. The second kappa shape index (κ2) is 10.4. The molecule has 1 aromatic heterocycles. The van der Waals surface area contributed by atoms with E-state index in [1.165, 1.54) is 12.8 Å². The number of likely N-dealkylation sites (tertiary alicyclic amines) is 1. The van der Waals surface area contributed by atoms with E-state index >= 15 is 0 Å². The lowest BCUT2D eigenvalue weighted by Gasteiger charge is -2.17. The van der Waals surface area contributed by atoms with Gasteiger partial charge in [0.05, 0.1) is 0 Å². The molecule has 7 nitrogen and oxygen atoms in total. The second-order valence-corrected chi connectivity index (χ2v) is 5.47. The first-order valence-corrected chi connectivity index (χ1v) is 8.65. The summed E-state index contributed by atoms with van der Waals surface area (Å²) in [5, 5.41) is 34.9. The third kappa shape index (κ3) is 6.30. The highest BCUT2D eigenvalue weighted by atomic mass is 16.9. The van der Waals surface area contributed by atoms with Crippen LogP contribution in [0.4, 0.5) is 0 Å². The second-order valence-electron chi connectivity index (χ2n) is 5.47. The SMILES string of the molecule is CC.CO.OC(O)(O)Oc1cccc2[nH]cc(CCN3CCCC3)c12. The molecule has 0 saturated carbocycles. The molecular formula is C18H30N2O5. The Labute approximate surface area is 148 Å². The van der Waals surface area contributed by atoms with Crippen LogP contribution in [0.25, 0.3) is 10.9 Å². The van der Waals surface area contributed by atoms with E-state index in [2.05, 4.69) is 9.88 Å². The molecule has 0 atom stereocenters. The van der Waals surface area contributed by atoms with E-state index < -0.39 is 6.16 Å². The molecule has 1 aliphatic heterocycles. The average molecular weight is 354 g/mol. The van der Waals surface area contributed by atoms with E-state index in [4.69, 9.17) is 25.2 Å². The molecule has 25 heavy (non-hydrogen) atoms. The number of nitrogens with zero attached hydrogens (tertiary/aromatic N) is 1. The molecule has 2 heterocycles. The van der Waals surface area contributed by atoms with Gasteiger partial charge in [0.2, 0.25) is 0 Å². The highest BCUT2D eigenvalue weighted by molar-refractivity contribution is 5.89. The van der Waals surface area contributed by atoms with E-state index in [0.29, 0.717) is 0 Å². The number of H-pyrrole nitrogens is 1. The van der Waals surface area contributed by atoms with Crippen LogP contribution in [0.15, 0.2) is 24.4 Å². The van der Waals surface area contributed by atoms with E-state index in [9.17, 15) is 0 Å². The summed E-state index contributed by atoms with van der Waals surface area (Å²) in [7, 11) is 1.00. The third-order valence-corrected chi connectivity index (χ3v) is 3.89. The lowest BCUT2D eigenvalue weighted by molar-refractivity contribution is -0.419. The summed E-state index contributed by atoms with van der Waals surface area (Å²) in [5.74, 6) is 0.248. The summed E-state index contributed by atoms with van der Waals surface area (Å²) in [6, 6.07) is 5.21. The predicted molar refractivity (Wildman–Crippen MR) is 97.2 cm³/mol. The van der Waals surface area contributed by atoms with Crippen molar-refractivity contribution < 1.29 is 25.2 Å². The van der Waals surface area contributed by atoms with Crippen molar-refractivity contribution in [3.63, 3.8) is 0 Å². The molecule has 0 bridgehead atoms. The lowest BCUT2D eigenvalue weighted by atomic mass is 10.1. The molecule has 1 saturated heterocycles. The number of ether oxygens (including phenoxy) is 1. The van der Waals surface area contributed by atoms with Gasteiger partial charge in [-0.05, 0) is 50.0 Å². The summed E-state index contributed by atoms with van der Waals surface area (Å²) < 4.78 is 4.82. The fraction of sp³-hybridized carbons (Fsp3) is 0.556. The maximum absolute atomic E-state index is 9.03. The first-order valence-electron chi connectivity index (χ1n) is 8.65. The summed E-state index contributed by atoms with van der Waals surface area (Å²) in [4.78, 5) is 5.56. The Morgan fingerprint density at radius 3 is 2.36 bits per heavy atom. The molecular weight excluding hydrogens is 324 g/mol. The average Bonchev–Trinajstić information content (AvgIpc) is 3.25. The number of aliphatic hydroxyl groups excluding tert-OH is 1. The Kier molecular flexibility index (Phi) is 8.88. The molecule has 0 unspecified atom stereocenters. The molecule has 0 radical (unpaired) electrons. The van der Waals surface area contributed by atoms with E-state index in [1.54, 1.807) is 12.1 Å². The zero-order valence-corrected chi connectivity index (χ0v) is 15.2. The fourth-order valence-electron chi connectivity index (χ4n) is 2.93. The number of benzene rings is 1. The Hall–Kier alpha value is -1.64. The largest absolute Gasteiger partial charge is 0.453 e. The molecule has 0 aliphatic carbocycles. The van der Waals surface area contributed by atoms with Gasteiger partial charge in [0.25, 0.3) is 0 Å². The number of aromatic amines is 1. The zero-order chi connectivity index (χ0) is 18.9. The molecule has 0 amide bonds. The van der Waals surface area contributed by atoms with Gasteiger partial charge in [-0.1, -0.05) is 19.9 Å². The molecule has 0 spiro atoms. The normalized spacial score (nSPS) is 14.5. The van der Waals surface area contributed by atoms with Crippen LogP contribution < -0.4 is 4.74 Å². The van der Waals surface area contributed by atoms with Crippen LogP contribution in [0.2, 0.25) is 0 Å². The van der Waals surface area contributed by atoms with Gasteiger partial charge in [0, 0.05) is 30.8 Å². The lowest BCUT2D eigenvalue weighted by Crippen LogP contribution is -2.34. The van der Waals surface area contributed by atoms with Gasteiger partial charge >= 0.3 is 6.16 Å². The van der Waals surface area contributed by atoms with Gasteiger partial charge in [0.1, 0.15) is 5.75 Å². The van der Waals surface area contributed by atoms with Crippen molar-refractivity contribution in [1.29, 1.82) is 0 Å². The van der Waals surface area contributed by atoms with Gasteiger partial charge in [0.15, 0.2) is 0 Å². The van der Waals surface area contributed by atoms with E-state index in [0.717, 1.165) is 49.6 Å². The van der Waals surface area contributed by atoms with Crippen LogP contribution in [-0.2, 0) is 6.42 Å². The maximum atomic E-state index is 9.03. The number of fused-ring (bicyclic) bond motifs is 1. The number of hydrogen-bond acceptors (Lipinski definition) is 6. The standard InChI is InChI=1S/C15H20N2O4.C2H6.CH4O/c18-15(19,20)21-13-5-3-4-12-14(13)11(10-16-12)6-9-17-7-1-2-8-17;2*1-2/h3-5,10,16,18-20H,1-2,6-9H2;1-2H3;2H,1H3. The van der Waals surface area contributed by atoms with E-state index in [1.807, 2.05) is 26.1 Å². The number of rotatable bonds is 5. The minimum atomic E-state index is -3.17. The molecule has 2 aromatic rings. The summed E-state index contributed by atoms with van der Waals surface area (Å²) >= 11 is 0. The Morgan fingerprint density at radius 1 is 1.12 bits per heavy atom. The van der Waals surface area contributed by atoms with Crippen molar-refractivity contribution in [1.82, 2.24) is 9.88 Å². The number of aliphatic hydroxyl groups is 4. The van der Waals surface area contributed by atoms with Crippen LogP contribution in [0.5, 0.6) is 5.75 Å². The van der Waals surface area contributed by atoms with Crippen molar-refractivity contribution in [2.75, 3.05) is 26.7 Å². The molecule has 1 fully saturated rings. The van der Waals surface area contributed by atoms with Crippen molar-refractivity contribution in [3.05, 3.63) is 30.0 Å². The van der Waals surface area contributed by atoms with Crippen molar-refractivity contribution >= 4 is 10.9 Å². The van der Waals surface area contributed by atoms with Crippen LogP contribution >= 0.6 is 0 Å². The van der Waals surface area contributed by atoms with Crippen LogP contribution in [0.1, 0.15) is 32.3 Å². The zero-order valence-electron chi connectivity index (χ0n) is 15.2. The molecule has 1 aliphatic rings.